The Morgan fingerprint density at radius 1 is 1.09 bits per heavy atom. The topological polar surface area (TPSA) is 71.4 Å². The first kappa shape index (κ1) is 22.2. The lowest BCUT2D eigenvalue weighted by atomic mass is 9.94. The lowest BCUT2D eigenvalue weighted by Gasteiger charge is -2.18. The minimum Gasteiger partial charge on any atom is -0.282 e. The van der Waals surface area contributed by atoms with Crippen LogP contribution in [-0.4, -0.2) is 18.6 Å². The lowest BCUT2D eigenvalue weighted by Crippen LogP contribution is -2.13. The fourth-order valence-corrected chi connectivity index (χ4v) is 3.50. The summed E-state index contributed by atoms with van der Waals surface area (Å²) in [6, 6.07) is 5.99. The van der Waals surface area contributed by atoms with Crippen molar-refractivity contribution in [2.24, 2.45) is 5.92 Å². The molecule has 0 saturated heterocycles. The first-order chi connectivity index (χ1) is 10.8. The monoisotopic (exact) mass is 360 g/mol. The minimum absolute atomic E-state index is 0.0666. The van der Waals surface area contributed by atoms with Gasteiger partial charge in [0.05, 0.1) is 4.90 Å². The summed E-state index contributed by atoms with van der Waals surface area (Å²) in [6.45, 7) is 8.38. The molecule has 1 aromatic rings. The van der Waals surface area contributed by atoms with Gasteiger partial charge in [-0.15, -0.1) is 0 Å². The maximum absolute atomic E-state index is 10.8. The molecule has 0 aliphatic heterocycles. The van der Waals surface area contributed by atoms with E-state index in [-0.39, 0.29) is 4.90 Å². The van der Waals surface area contributed by atoms with Crippen molar-refractivity contribution in [3.63, 3.8) is 0 Å². The van der Waals surface area contributed by atoms with E-state index in [0.29, 0.717) is 20.0 Å². The van der Waals surface area contributed by atoms with Gasteiger partial charge in [0.2, 0.25) is 0 Å². The number of benzene rings is 1. The predicted molar refractivity (Wildman–Crippen MR) is 96.0 cm³/mol. The van der Waals surface area contributed by atoms with Crippen LogP contribution in [0.1, 0.15) is 58.4 Å². The number of hydrogen-bond acceptors (Lipinski definition) is 3. The van der Waals surface area contributed by atoms with Gasteiger partial charge in [0.1, 0.15) is 0 Å². The van der Waals surface area contributed by atoms with Gasteiger partial charge in [-0.25, -0.2) is 0 Å². The molecule has 0 radical (unpaired) electrons. The molecule has 2 atom stereocenters. The van der Waals surface area contributed by atoms with Crippen molar-refractivity contribution in [2.45, 2.75) is 70.4 Å². The highest BCUT2D eigenvalue weighted by molar-refractivity contribution is 7.85. The van der Waals surface area contributed by atoms with E-state index in [0.717, 1.165) is 12.0 Å². The summed E-state index contributed by atoms with van der Waals surface area (Å²) in [6.07, 6.45) is 6.01. The Morgan fingerprint density at radius 2 is 1.65 bits per heavy atom. The average Bonchev–Trinajstić information content (AvgIpc) is 2.51. The van der Waals surface area contributed by atoms with Crippen molar-refractivity contribution in [3.8, 4) is 0 Å². The summed E-state index contributed by atoms with van der Waals surface area (Å²) in [5, 5.41) is 0. The second-order valence-corrected chi connectivity index (χ2v) is 7.98. The van der Waals surface area contributed by atoms with E-state index in [9.17, 15) is 13.0 Å². The Hall–Kier alpha value is -0.770. The van der Waals surface area contributed by atoms with Crippen LogP contribution < -0.4 is 0 Å². The van der Waals surface area contributed by atoms with Crippen LogP contribution in [0.25, 0.3) is 0 Å². The van der Waals surface area contributed by atoms with Crippen molar-refractivity contribution in [2.75, 3.05) is 0 Å². The normalized spacial score (nSPS) is 14.0. The fourth-order valence-electron chi connectivity index (χ4n) is 2.34. The van der Waals surface area contributed by atoms with Gasteiger partial charge in [-0.1, -0.05) is 57.7 Å². The van der Waals surface area contributed by atoms with Gasteiger partial charge < -0.3 is 0 Å². The van der Waals surface area contributed by atoms with Crippen molar-refractivity contribution >= 4 is 18.6 Å². The molecule has 4 nitrogen and oxygen atoms in total. The third kappa shape index (κ3) is 9.19. The zero-order valence-corrected chi connectivity index (χ0v) is 16.2. The first-order valence-corrected chi connectivity index (χ1v) is 10.5. The summed E-state index contributed by atoms with van der Waals surface area (Å²) in [5.41, 5.74) is 1.36. The van der Waals surface area contributed by atoms with Crippen molar-refractivity contribution in [1.29, 1.82) is 0 Å². The molecule has 1 rings (SSSR count). The van der Waals surface area contributed by atoms with Crippen molar-refractivity contribution in [1.82, 2.24) is 0 Å². The summed E-state index contributed by atoms with van der Waals surface area (Å²) in [4.78, 5) is -0.0666. The van der Waals surface area contributed by atoms with E-state index in [1.807, 2.05) is 6.92 Å². The highest BCUT2D eigenvalue weighted by atomic mass is 32.2. The molecule has 0 aromatic heterocycles. The van der Waals surface area contributed by atoms with Gasteiger partial charge in [-0.2, -0.15) is 8.42 Å². The molecule has 0 saturated carbocycles. The quantitative estimate of drug-likeness (QED) is 0.490. The molecule has 6 heteroatoms. The average molecular weight is 360 g/mol. The van der Waals surface area contributed by atoms with Crippen LogP contribution >= 0.6 is 8.46 Å². The molecule has 1 aromatic carbocycles. The van der Waals surface area contributed by atoms with E-state index < -0.39 is 10.1 Å². The molecule has 0 aliphatic rings. The molecule has 0 amide bonds. The predicted octanol–water partition coefficient (Wildman–Crippen LogP) is 5.51. The summed E-state index contributed by atoms with van der Waals surface area (Å²) in [5.74, 6) is 0.675. The highest BCUT2D eigenvalue weighted by Crippen LogP contribution is 2.27. The summed E-state index contributed by atoms with van der Waals surface area (Å²) in [7, 11) is -3.67. The second-order valence-electron chi connectivity index (χ2n) is 5.68. The van der Waals surface area contributed by atoms with E-state index in [1.54, 1.807) is 12.1 Å². The number of hydrogen-bond donors (Lipinski definition) is 1. The molecule has 0 bridgehead atoms. The number of unbranched alkanes of at least 4 members (excludes halogenated alkanes) is 1. The largest absolute Gasteiger partial charge is 0.294 e. The Labute approximate surface area is 142 Å². The molecule has 2 unspecified atom stereocenters. The van der Waals surface area contributed by atoms with Gasteiger partial charge in [0.25, 0.3) is 10.1 Å². The standard InChI is InChI=1S/C10H21OP.C7H8O3S/c1-4-7-8-9(5-2)10(6-3)12-11;1-6-2-4-7(5-3-6)11(8,9)10/h9-10H,4-8H2,1-3H3;2-5H,1H3,(H,8,9,10). The van der Waals surface area contributed by atoms with Crippen LogP contribution in [0.4, 0.5) is 0 Å². The van der Waals surface area contributed by atoms with E-state index in [4.69, 9.17) is 4.55 Å². The Balaban J connectivity index is 0.000000422. The second kappa shape index (κ2) is 11.7. The zero-order valence-electron chi connectivity index (χ0n) is 14.5. The molecule has 23 heavy (non-hydrogen) atoms. The summed E-state index contributed by atoms with van der Waals surface area (Å²) < 4.78 is 40.3. The Morgan fingerprint density at radius 3 is 2.00 bits per heavy atom. The molecule has 0 fully saturated rings. The molecular weight excluding hydrogens is 331 g/mol. The van der Waals surface area contributed by atoms with Crippen LogP contribution in [0.3, 0.4) is 0 Å². The van der Waals surface area contributed by atoms with Crippen LogP contribution in [0.2, 0.25) is 0 Å². The minimum atomic E-state index is -4.02. The van der Waals surface area contributed by atoms with Crippen molar-refractivity contribution in [3.05, 3.63) is 29.8 Å². The van der Waals surface area contributed by atoms with Gasteiger partial charge in [-0.3, -0.25) is 9.12 Å². The number of rotatable bonds is 8. The zero-order chi connectivity index (χ0) is 17.9. The molecule has 0 spiro atoms. The van der Waals surface area contributed by atoms with E-state index in [2.05, 4.69) is 20.8 Å². The SMILES string of the molecule is CCCCC(CC)C(CC)P=O.Cc1ccc(S(=O)(=O)O)cc1. The van der Waals surface area contributed by atoms with Crippen LogP contribution in [-0.2, 0) is 14.7 Å². The fraction of sp³-hybridized carbons (Fsp3) is 0.647. The third-order valence-corrected chi connectivity index (χ3v) is 5.79. The van der Waals surface area contributed by atoms with Gasteiger partial charge in [0.15, 0.2) is 8.46 Å². The van der Waals surface area contributed by atoms with Crippen LogP contribution in [0.15, 0.2) is 29.2 Å². The molecule has 132 valence electrons. The third-order valence-electron chi connectivity index (χ3n) is 3.87. The Kier molecular flexibility index (Phi) is 11.3. The van der Waals surface area contributed by atoms with E-state index in [1.165, 1.54) is 37.8 Å². The maximum atomic E-state index is 10.8. The highest BCUT2D eigenvalue weighted by Gasteiger charge is 2.17. The van der Waals surface area contributed by atoms with Gasteiger partial charge in [0, 0.05) is 5.66 Å². The lowest BCUT2D eigenvalue weighted by molar-refractivity contribution is 0.419. The molecule has 1 N–H and O–H groups in total. The first-order valence-electron chi connectivity index (χ1n) is 8.16. The van der Waals surface area contributed by atoms with Crippen molar-refractivity contribution < 1.29 is 17.5 Å². The molecule has 0 heterocycles. The molecule has 0 aliphatic carbocycles. The summed E-state index contributed by atoms with van der Waals surface area (Å²) >= 11 is 0. The number of aryl methyl sites for hydroxylation is 1. The maximum Gasteiger partial charge on any atom is 0.294 e. The smallest absolute Gasteiger partial charge is 0.282 e. The van der Waals surface area contributed by atoms with Crippen LogP contribution in [0.5, 0.6) is 0 Å². The molecular formula is C17H29O4PS. The Bertz CT molecular complexity index is 540. The van der Waals surface area contributed by atoms with Crippen LogP contribution in [0, 0.1) is 12.8 Å². The van der Waals surface area contributed by atoms with E-state index >= 15 is 0 Å². The van der Waals surface area contributed by atoms with Gasteiger partial charge >= 0.3 is 0 Å². The van der Waals surface area contributed by atoms with Gasteiger partial charge in [-0.05, 0) is 37.8 Å².